The van der Waals surface area contributed by atoms with E-state index >= 15 is 0 Å². The van der Waals surface area contributed by atoms with Crippen LogP contribution in [-0.4, -0.2) is 24.3 Å². The second kappa shape index (κ2) is 9.50. The minimum atomic E-state index is 0.895. The van der Waals surface area contributed by atoms with Gasteiger partial charge in [-0.15, -0.1) is 0 Å². The van der Waals surface area contributed by atoms with Crippen LogP contribution in [0.5, 0.6) is 0 Å². The van der Waals surface area contributed by atoms with E-state index in [2.05, 4.69) is 99.3 Å². The van der Waals surface area contributed by atoms with Gasteiger partial charge in [0.1, 0.15) is 0 Å². The van der Waals surface area contributed by atoms with E-state index in [9.17, 15) is 0 Å². The highest BCUT2D eigenvalue weighted by molar-refractivity contribution is 5.99. The Morgan fingerprint density at radius 1 is 0.415 bits per heavy atom. The molecule has 5 aromatic heterocycles. The van der Waals surface area contributed by atoms with Gasteiger partial charge >= 0.3 is 0 Å². The highest BCUT2D eigenvalue weighted by Gasteiger charge is 2.15. The first kappa shape index (κ1) is 23.2. The van der Waals surface area contributed by atoms with Crippen LogP contribution in [0, 0.1) is 0 Å². The van der Waals surface area contributed by atoms with Crippen LogP contribution in [0.4, 0.5) is 0 Å². The number of benzene rings is 3. The first-order chi connectivity index (χ1) is 20.3. The summed E-state index contributed by atoms with van der Waals surface area (Å²) in [4.78, 5) is 18.6. The van der Waals surface area contributed by atoms with E-state index in [0.717, 1.165) is 61.4 Å². The van der Waals surface area contributed by atoms with Gasteiger partial charge in [0.15, 0.2) is 0 Å². The summed E-state index contributed by atoms with van der Waals surface area (Å²) in [7, 11) is 0. The van der Waals surface area contributed by atoms with Gasteiger partial charge in [-0.1, -0.05) is 48.5 Å². The lowest BCUT2D eigenvalue weighted by Gasteiger charge is -2.13. The molecular formula is C36H23N5. The average Bonchev–Trinajstić information content (AvgIpc) is 3.45. The Kier molecular flexibility index (Phi) is 5.38. The van der Waals surface area contributed by atoms with Gasteiger partial charge in [0, 0.05) is 46.9 Å². The molecule has 0 aliphatic heterocycles. The van der Waals surface area contributed by atoms with Gasteiger partial charge in [-0.2, -0.15) is 0 Å². The van der Waals surface area contributed by atoms with Crippen molar-refractivity contribution in [1.82, 2.24) is 24.3 Å². The Morgan fingerprint density at radius 3 is 1.78 bits per heavy atom. The van der Waals surface area contributed by atoms with Crippen molar-refractivity contribution in [2.75, 3.05) is 0 Å². The van der Waals surface area contributed by atoms with Crippen molar-refractivity contribution in [1.29, 1.82) is 0 Å². The SMILES string of the molecule is c1cc(-c2cc(-c3ccncc3)nc(-c3ccncc3)c2)cc(-c2nc3ccccc3n3c2cc2ccccc23)c1. The molecular weight excluding hydrogens is 502 g/mol. The molecule has 5 heterocycles. The molecule has 0 unspecified atom stereocenters. The number of pyridine rings is 3. The van der Waals surface area contributed by atoms with Gasteiger partial charge in [0.2, 0.25) is 0 Å². The Labute approximate surface area is 236 Å². The van der Waals surface area contributed by atoms with Gasteiger partial charge in [-0.25, -0.2) is 9.97 Å². The summed E-state index contributed by atoms with van der Waals surface area (Å²) in [6.07, 6.45) is 7.20. The molecule has 0 amide bonds. The van der Waals surface area contributed by atoms with Crippen LogP contribution in [0.25, 0.3) is 72.4 Å². The third-order valence-corrected chi connectivity index (χ3v) is 7.56. The third kappa shape index (κ3) is 4.03. The first-order valence-corrected chi connectivity index (χ1v) is 13.5. The molecule has 8 rings (SSSR count). The van der Waals surface area contributed by atoms with E-state index < -0.39 is 0 Å². The Bertz CT molecular complexity index is 2140. The predicted octanol–water partition coefficient (Wildman–Crippen LogP) is 8.49. The van der Waals surface area contributed by atoms with E-state index in [1.54, 1.807) is 24.8 Å². The predicted molar refractivity (Wildman–Crippen MR) is 165 cm³/mol. The van der Waals surface area contributed by atoms with Crippen LogP contribution in [0.1, 0.15) is 0 Å². The van der Waals surface area contributed by atoms with Crippen LogP contribution in [0.3, 0.4) is 0 Å². The van der Waals surface area contributed by atoms with E-state index in [1.165, 1.54) is 10.9 Å². The minimum Gasteiger partial charge on any atom is -0.306 e. The van der Waals surface area contributed by atoms with E-state index in [4.69, 9.17) is 9.97 Å². The van der Waals surface area contributed by atoms with Crippen molar-refractivity contribution in [3.63, 3.8) is 0 Å². The molecule has 0 saturated carbocycles. The molecule has 0 fully saturated rings. The van der Waals surface area contributed by atoms with Gasteiger partial charge in [-0.3, -0.25) is 9.97 Å². The maximum absolute atomic E-state index is 5.19. The van der Waals surface area contributed by atoms with Crippen molar-refractivity contribution in [3.8, 4) is 44.9 Å². The number of rotatable bonds is 4. The molecule has 3 aromatic carbocycles. The zero-order valence-corrected chi connectivity index (χ0v) is 22.0. The molecule has 0 N–H and O–H groups in total. The zero-order valence-electron chi connectivity index (χ0n) is 22.0. The molecule has 0 saturated heterocycles. The lowest BCUT2D eigenvalue weighted by Crippen LogP contribution is -1.96. The lowest BCUT2D eigenvalue weighted by molar-refractivity contribution is 1.27. The van der Waals surface area contributed by atoms with Gasteiger partial charge < -0.3 is 4.40 Å². The van der Waals surface area contributed by atoms with Crippen LogP contribution in [0.2, 0.25) is 0 Å². The number of para-hydroxylation sites is 3. The highest BCUT2D eigenvalue weighted by atomic mass is 14.9. The minimum absolute atomic E-state index is 0.895. The molecule has 5 heteroatoms. The fourth-order valence-electron chi connectivity index (χ4n) is 5.61. The van der Waals surface area contributed by atoms with Crippen LogP contribution in [-0.2, 0) is 0 Å². The molecule has 192 valence electrons. The van der Waals surface area contributed by atoms with Crippen molar-refractivity contribution in [2.45, 2.75) is 0 Å². The summed E-state index contributed by atoms with van der Waals surface area (Å²) < 4.78 is 2.33. The second-order valence-electron chi connectivity index (χ2n) is 10.1. The zero-order chi connectivity index (χ0) is 27.2. The number of fused-ring (bicyclic) bond motifs is 5. The molecule has 0 aliphatic carbocycles. The summed E-state index contributed by atoms with van der Waals surface area (Å²) in [5, 5.41) is 1.20. The molecule has 0 atom stereocenters. The summed E-state index contributed by atoms with van der Waals surface area (Å²) in [6, 6.07) is 40.0. The number of hydrogen-bond acceptors (Lipinski definition) is 4. The standard InChI is InChI=1S/C36H23N5/c1-3-10-33-27(6-1)23-35-36(40-30-9-2-4-11-34(30)41(33)35)28-8-5-7-26(20-28)29-21-31(24-12-16-37-17-13-24)39-32(22-29)25-14-18-38-19-15-25/h1-23H. The molecule has 8 aromatic rings. The van der Waals surface area contributed by atoms with Crippen LogP contribution < -0.4 is 0 Å². The van der Waals surface area contributed by atoms with Gasteiger partial charge in [0.25, 0.3) is 0 Å². The first-order valence-electron chi connectivity index (χ1n) is 13.5. The van der Waals surface area contributed by atoms with E-state index in [1.807, 2.05) is 30.3 Å². The largest absolute Gasteiger partial charge is 0.306 e. The number of nitrogens with zero attached hydrogens (tertiary/aromatic N) is 5. The fraction of sp³-hybridized carbons (Fsp3) is 0. The second-order valence-corrected chi connectivity index (χ2v) is 10.1. The smallest absolute Gasteiger partial charge is 0.0951 e. The number of aromatic nitrogens is 5. The van der Waals surface area contributed by atoms with Crippen LogP contribution in [0.15, 0.2) is 140 Å². The van der Waals surface area contributed by atoms with Crippen LogP contribution >= 0.6 is 0 Å². The maximum atomic E-state index is 5.19. The summed E-state index contributed by atoms with van der Waals surface area (Å²) in [5.74, 6) is 0. The van der Waals surface area contributed by atoms with E-state index in [-0.39, 0.29) is 0 Å². The Morgan fingerprint density at radius 2 is 1.05 bits per heavy atom. The van der Waals surface area contributed by atoms with E-state index in [0.29, 0.717) is 0 Å². The number of hydrogen-bond donors (Lipinski definition) is 0. The average molecular weight is 526 g/mol. The highest BCUT2D eigenvalue weighted by Crippen LogP contribution is 2.35. The summed E-state index contributed by atoms with van der Waals surface area (Å²) >= 11 is 0. The maximum Gasteiger partial charge on any atom is 0.0951 e. The monoisotopic (exact) mass is 525 g/mol. The molecule has 5 nitrogen and oxygen atoms in total. The third-order valence-electron chi connectivity index (χ3n) is 7.56. The van der Waals surface area contributed by atoms with Crippen molar-refractivity contribution < 1.29 is 0 Å². The Hall–Kier alpha value is -5.68. The quantitative estimate of drug-likeness (QED) is 0.231. The summed E-state index contributed by atoms with van der Waals surface area (Å²) in [5.41, 5.74) is 12.4. The van der Waals surface area contributed by atoms with Gasteiger partial charge in [0.05, 0.1) is 39.1 Å². The molecule has 41 heavy (non-hydrogen) atoms. The molecule has 0 radical (unpaired) electrons. The van der Waals surface area contributed by atoms with Gasteiger partial charge in [-0.05, 0) is 77.9 Å². The Balaban J connectivity index is 1.35. The fourth-order valence-corrected chi connectivity index (χ4v) is 5.61. The van der Waals surface area contributed by atoms with Crippen molar-refractivity contribution in [3.05, 3.63) is 140 Å². The molecule has 0 aliphatic rings. The normalized spacial score (nSPS) is 11.4. The van der Waals surface area contributed by atoms with Crippen molar-refractivity contribution >= 4 is 27.5 Å². The molecule has 0 bridgehead atoms. The summed E-state index contributed by atoms with van der Waals surface area (Å²) in [6.45, 7) is 0. The van der Waals surface area contributed by atoms with Crippen molar-refractivity contribution in [2.24, 2.45) is 0 Å². The molecule has 0 spiro atoms. The topological polar surface area (TPSA) is 56.0 Å². The lowest BCUT2D eigenvalue weighted by atomic mass is 9.98.